The minimum absolute atomic E-state index is 0.0602. The van der Waals surface area contributed by atoms with Crippen molar-refractivity contribution in [1.82, 2.24) is 4.90 Å². The zero-order valence-electron chi connectivity index (χ0n) is 14.5. The van der Waals surface area contributed by atoms with Gasteiger partial charge in [0.1, 0.15) is 0 Å². The number of rotatable bonds is 6. The van der Waals surface area contributed by atoms with Crippen LogP contribution in [-0.4, -0.2) is 34.9 Å². The molecule has 1 aliphatic carbocycles. The highest BCUT2D eigenvalue weighted by molar-refractivity contribution is 5.92. The lowest BCUT2D eigenvalue weighted by molar-refractivity contribution is -0.385. The zero-order chi connectivity index (χ0) is 18.4. The van der Waals surface area contributed by atoms with Crippen molar-refractivity contribution in [2.24, 2.45) is 0 Å². The number of carbonyl (C=O) groups is 2. The molecule has 7 heteroatoms. The van der Waals surface area contributed by atoms with E-state index in [1.165, 1.54) is 18.2 Å². The molecule has 0 bridgehead atoms. The molecule has 0 saturated heterocycles. The molecule has 7 nitrogen and oxygen atoms in total. The van der Waals surface area contributed by atoms with Gasteiger partial charge in [0.2, 0.25) is 0 Å². The molecule has 0 unspecified atom stereocenters. The Morgan fingerprint density at radius 1 is 1.32 bits per heavy atom. The molecule has 1 aliphatic rings. The first kappa shape index (κ1) is 18.6. The molecule has 0 spiro atoms. The van der Waals surface area contributed by atoms with Gasteiger partial charge in [-0.3, -0.25) is 14.9 Å². The van der Waals surface area contributed by atoms with Gasteiger partial charge in [-0.2, -0.15) is 0 Å². The molecule has 0 radical (unpaired) electrons. The van der Waals surface area contributed by atoms with Crippen molar-refractivity contribution in [1.29, 1.82) is 0 Å². The second kappa shape index (κ2) is 8.41. The van der Waals surface area contributed by atoms with Crippen LogP contribution in [0.15, 0.2) is 30.0 Å². The molecule has 0 aromatic heterocycles. The number of allylic oxidation sites excluding steroid dienone is 2. The van der Waals surface area contributed by atoms with E-state index in [1.54, 1.807) is 11.8 Å². The maximum atomic E-state index is 12.3. The van der Waals surface area contributed by atoms with Crippen molar-refractivity contribution in [3.63, 3.8) is 0 Å². The Bertz CT molecular complexity index is 711. The number of likely N-dealkylation sites (N-methyl/N-ethyl adjacent to an activating group) is 1. The zero-order valence-corrected chi connectivity index (χ0v) is 14.5. The number of carbonyl (C=O) groups excluding carboxylic acids is 2. The average Bonchev–Trinajstić information content (AvgIpc) is 2.61. The summed E-state index contributed by atoms with van der Waals surface area (Å²) in [6.07, 6.45) is 6.01. The number of benzene rings is 1. The number of nitrogens with zero attached hydrogens (tertiary/aromatic N) is 2. The highest BCUT2D eigenvalue weighted by Crippen LogP contribution is 2.22. The fraction of sp³-hybridized carbons (Fsp3) is 0.444. The predicted molar refractivity (Wildman–Crippen MR) is 92.1 cm³/mol. The molecule has 0 heterocycles. The number of nitro benzene ring substituents is 1. The fourth-order valence-electron chi connectivity index (χ4n) is 2.83. The van der Waals surface area contributed by atoms with Crippen molar-refractivity contribution < 1.29 is 19.2 Å². The largest absolute Gasteiger partial charge is 0.452 e. The van der Waals surface area contributed by atoms with Gasteiger partial charge in [-0.25, -0.2) is 4.79 Å². The Morgan fingerprint density at radius 2 is 2.08 bits per heavy atom. The van der Waals surface area contributed by atoms with Gasteiger partial charge >= 0.3 is 5.97 Å². The van der Waals surface area contributed by atoms with E-state index < -0.39 is 10.9 Å². The fourth-order valence-corrected chi connectivity index (χ4v) is 2.83. The molecule has 0 atom stereocenters. The number of aryl methyl sites for hydroxylation is 1. The van der Waals surface area contributed by atoms with Gasteiger partial charge in [0.15, 0.2) is 6.61 Å². The Morgan fingerprint density at radius 3 is 2.68 bits per heavy atom. The third-order valence-electron chi connectivity index (χ3n) is 4.20. The molecule has 1 aromatic rings. The van der Waals surface area contributed by atoms with Crippen LogP contribution in [0.5, 0.6) is 0 Å². The third kappa shape index (κ3) is 4.65. The molecular weight excluding hydrogens is 324 g/mol. The summed E-state index contributed by atoms with van der Waals surface area (Å²) in [6, 6.07) is 4.11. The lowest BCUT2D eigenvalue weighted by atomic mass is 10.0. The summed E-state index contributed by atoms with van der Waals surface area (Å²) in [4.78, 5) is 36.5. The van der Waals surface area contributed by atoms with E-state index in [9.17, 15) is 19.7 Å². The highest BCUT2D eigenvalue weighted by Gasteiger charge is 2.21. The summed E-state index contributed by atoms with van der Waals surface area (Å²) >= 11 is 0. The van der Waals surface area contributed by atoms with Gasteiger partial charge in [0.05, 0.1) is 10.5 Å². The van der Waals surface area contributed by atoms with E-state index >= 15 is 0 Å². The van der Waals surface area contributed by atoms with Gasteiger partial charge in [-0.05, 0) is 45.6 Å². The van der Waals surface area contributed by atoms with Gasteiger partial charge in [-0.15, -0.1) is 0 Å². The molecule has 0 N–H and O–H groups in total. The molecule has 1 aromatic carbocycles. The minimum atomic E-state index is -0.745. The number of amides is 1. The van der Waals surface area contributed by atoms with Crippen molar-refractivity contribution in [2.75, 3.05) is 13.2 Å². The Hall–Kier alpha value is -2.70. The predicted octanol–water partition coefficient (Wildman–Crippen LogP) is 3.37. The summed E-state index contributed by atoms with van der Waals surface area (Å²) in [5.74, 6) is -1.03. The highest BCUT2D eigenvalue weighted by atomic mass is 16.6. The van der Waals surface area contributed by atoms with Crippen LogP contribution < -0.4 is 0 Å². The monoisotopic (exact) mass is 346 g/mol. The first-order valence-corrected chi connectivity index (χ1v) is 8.35. The first-order valence-electron chi connectivity index (χ1n) is 8.35. The van der Waals surface area contributed by atoms with E-state index in [-0.39, 0.29) is 23.8 Å². The van der Waals surface area contributed by atoms with Gasteiger partial charge < -0.3 is 9.64 Å². The number of hydrogen-bond donors (Lipinski definition) is 0. The number of esters is 1. The quantitative estimate of drug-likeness (QED) is 0.447. The lowest BCUT2D eigenvalue weighted by Crippen LogP contribution is -2.34. The van der Waals surface area contributed by atoms with Crippen LogP contribution in [0.1, 0.15) is 48.5 Å². The van der Waals surface area contributed by atoms with Crippen LogP contribution in [0.3, 0.4) is 0 Å². The second-order valence-corrected chi connectivity index (χ2v) is 5.91. The van der Waals surface area contributed by atoms with E-state index in [0.29, 0.717) is 12.1 Å². The second-order valence-electron chi connectivity index (χ2n) is 5.91. The van der Waals surface area contributed by atoms with Crippen LogP contribution in [0.4, 0.5) is 5.69 Å². The van der Waals surface area contributed by atoms with E-state index in [4.69, 9.17) is 4.74 Å². The molecule has 0 saturated carbocycles. The Labute approximate surface area is 146 Å². The van der Waals surface area contributed by atoms with E-state index in [2.05, 4.69) is 6.08 Å². The van der Waals surface area contributed by atoms with E-state index in [1.807, 2.05) is 6.92 Å². The SMILES string of the molecule is CCN(C(=O)COC(=O)c1ccc(C)c([N+](=O)[O-])c1)C1=CCCCC1. The molecular formula is C18H22N2O5. The van der Waals surface area contributed by atoms with Gasteiger partial charge in [0.25, 0.3) is 11.6 Å². The molecule has 1 amide bonds. The lowest BCUT2D eigenvalue weighted by Gasteiger charge is -2.26. The number of ether oxygens (including phenoxy) is 1. The smallest absolute Gasteiger partial charge is 0.338 e. The summed E-state index contributed by atoms with van der Waals surface area (Å²) < 4.78 is 5.06. The van der Waals surface area contributed by atoms with Crippen molar-refractivity contribution >= 4 is 17.6 Å². The Balaban J connectivity index is 2.01. The molecule has 25 heavy (non-hydrogen) atoms. The first-order chi connectivity index (χ1) is 11.9. The standard InChI is InChI=1S/C18H22N2O5/c1-3-19(15-7-5-4-6-8-15)17(21)12-25-18(22)14-10-9-13(2)16(11-14)20(23)24/h7,9-11H,3-6,8,12H2,1-2H3. The average molecular weight is 346 g/mol. The van der Waals surface area contributed by atoms with Gasteiger partial charge in [0, 0.05) is 23.9 Å². The molecule has 0 fully saturated rings. The number of nitro groups is 1. The maximum Gasteiger partial charge on any atom is 0.338 e. The van der Waals surface area contributed by atoms with E-state index in [0.717, 1.165) is 31.4 Å². The van der Waals surface area contributed by atoms with Crippen molar-refractivity contribution in [3.05, 3.63) is 51.2 Å². The van der Waals surface area contributed by atoms with Crippen LogP contribution in [0, 0.1) is 17.0 Å². The third-order valence-corrected chi connectivity index (χ3v) is 4.20. The van der Waals surface area contributed by atoms with Crippen LogP contribution in [-0.2, 0) is 9.53 Å². The summed E-state index contributed by atoms with van der Waals surface area (Å²) in [5, 5.41) is 11.0. The summed E-state index contributed by atoms with van der Waals surface area (Å²) in [7, 11) is 0. The van der Waals surface area contributed by atoms with Crippen molar-refractivity contribution in [2.45, 2.75) is 39.5 Å². The normalized spacial score (nSPS) is 13.8. The molecule has 134 valence electrons. The Kier molecular flexibility index (Phi) is 6.27. The summed E-state index contributed by atoms with van der Waals surface area (Å²) in [6.45, 7) is 3.59. The minimum Gasteiger partial charge on any atom is -0.452 e. The van der Waals surface area contributed by atoms with Crippen LogP contribution in [0.2, 0.25) is 0 Å². The molecule has 0 aliphatic heterocycles. The maximum absolute atomic E-state index is 12.3. The summed E-state index contributed by atoms with van der Waals surface area (Å²) in [5.41, 5.74) is 1.34. The van der Waals surface area contributed by atoms with Crippen molar-refractivity contribution in [3.8, 4) is 0 Å². The van der Waals surface area contributed by atoms with Crippen LogP contribution in [0.25, 0.3) is 0 Å². The number of hydrogen-bond acceptors (Lipinski definition) is 5. The topological polar surface area (TPSA) is 89.8 Å². The molecule has 2 rings (SSSR count). The van der Waals surface area contributed by atoms with Crippen LogP contribution >= 0.6 is 0 Å². The van der Waals surface area contributed by atoms with Gasteiger partial charge in [-0.1, -0.05) is 12.1 Å².